The van der Waals surface area contributed by atoms with E-state index in [1.165, 1.54) is 0 Å². The smallest absolute Gasteiger partial charge is 0.409 e. The van der Waals surface area contributed by atoms with Crippen molar-refractivity contribution in [1.82, 2.24) is 0 Å². The van der Waals surface area contributed by atoms with Crippen LogP contribution in [0.5, 0.6) is 0 Å². The van der Waals surface area contributed by atoms with Crippen LogP contribution in [-0.2, 0) is 4.43 Å². The van der Waals surface area contributed by atoms with Gasteiger partial charge in [-0.3, -0.25) is 0 Å². The minimum Gasteiger partial charge on any atom is -0.409 e. The van der Waals surface area contributed by atoms with Crippen molar-refractivity contribution in [2.75, 3.05) is 12.2 Å². The lowest BCUT2D eigenvalue weighted by Gasteiger charge is -1.88. The summed E-state index contributed by atoms with van der Waals surface area (Å²) in [5.41, 5.74) is 0. The second-order valence-corrected chi connectivity index (χ2v) is 1.93. The molecule has 36 valence electrons. The predicted octanol–water partition coefficient (Wildman–Crippen LogP) is -0.150. The van der Waals surface area contributed by atoms with Gasteiger partial charge in [0.15, 0.2) is 0 Å². The summed E-state index contributed by atoms with van der Waals surface area (Å²) in [7, 11) is -0.356. The minimum absolute atomic E-state index is 0.356. The maximum absolute atomic E-state index is 7.99. The zero-order valence-corrected chi connectivity index (χ0v) is 5.29. The molecule has 0 heterocycles. The summed E-state index contributed by atoms with van der Waals surface area (Å²) >= 11 is 1.55. The lowest BCUT2D eigenvalue weighted by molar-refractivity contribution is 0.344. The first-order valence-electron chi connectivity index (χ1n) is 1.41. The molecule has 0 aromatic carbocycles. The summed E-state index contributed by atoms with van der Waals surface area (Å²) < 4.78 is 4.53. The van der Waals surface area contributed by atoms with E-state index in [1.807, 2.05) is 6.26 Å². The molecule has 0 saturated carbocycles. The molecule has 0 rings (SSSR count). The monoisotopic (exact) mass is 122 g/mol. The molecule has 0 amide bonds. The molecule has 1 N–H and O–H groups in total. The molecule has 0 aliphatic rings. The van der Waals surface area contributed by atoms with Crippen LogP contribution in [0.2, 0.25) is 0 Å². The Morgan fingerprint density at radius 3 is 2.83 bits per heavy atom. The summed E-state index contributed by atoms with van der Waals surface area (Å²) in [5.74, 6) is 0.592. The highest BCUT2D eigenvalue weighted by molar-refractivity contribution is 7.98. The Labute approximate surface area is 44.0 Å². The summed E-state index contributed by atoms with van der Waals surface area (Å²) in [4.78, 5) is 7.99. The first-order chi connectivity index (χ1) is 2.91. The standard InChI is InChI=1S/C2H6O2SSi/c1-5-2-4-6-3/h3H,2H2,1H3. The molecule has 0 aromatic rings. The fourth-order valence-corrected chi connectivity index (χ4v) is 0.768. The molecule has 0 aliphatic heterocycles. The van der Waals surface area contributed by atoms with Crippen molar-refractivity contribution in [3.8, 4) is 0 Å². The number of thioether (sulfide) groups is 1. The van der Waals surface area contributed by atoms with Crippen LogP contribution in [0.25, 0.3) is 0 Å². The van der Waals surface area contributed by atoms with E-state index in [-0.39, 0.29) is 10.0 Å². The van der Waals surface area contributed by atoms with Crippen LogP contribution in [0.3, 0.4) is 0 Å². The molecule has 0 spiro atoms. The third kappa shape index (κ3) is 4.49. The van der Waals surface area contributed by atoms with Gasteiger partial charge in [-0.25, -0.2) is 0 Å². The van der Waals surface area contributed by atoms with Gasteiger partial charge in [-0.2, -0.15) is 0 Å². The van der Waals surface area contributed by atoms with Gasteiger partial charge >= 0.3 is 10.0 Å². The Morgan fingerprint density at radius 1 is 2.00 bits per heavy atom. The summed E-state index contributed by atoms with van der Waals surface area (Å²) in [5, 5.41) is 0. The van der Waals surface area contributed by atoms with Gasteiger partial charge in [-0.1, -0.05) is 0 Å². The van der Waals surface area contributed by atoms with Gasteiger partial charge in [0.05, 0.1) is 5.94 Å². The van der Waals surface area contributed by atoms with Crippen molar-refractivity contribution in [3.63, 3.8) is 0 Å². The number of hydrogen-bond acceptors (Lipinski definition) is 3. The summed E-state index contributed by atoms with van der Waals surface area (Å²) in [6, 6.07) is 0. The predicted molar refractivity (Wildman–Crippen MR) is 27.4 cm³/mol. The highest BCUT2D eigenvalue weighted by Gasteiger charge is 1.78. The number of rotatable bonds is 3. The third-order valence-electron chi connectivity index (χ3n) is 0.241. The Morgan fingerprint density at radius 2 is 2.67 bits per heavy atom. The van der Waals surface area contributed by atoms with Crippen LogP contribution in [0, 0.1) is 0 Å². The van der Waals surface area contributed by atoms with Crippen molar-refractivity contribution in [2.24, 2.45) is 0 Å². The molecular formula is C2H6O2SSi. The second kappa shape index (κ2) is 5.49. The normalized spacial score (nSPS) is 9.00. The summed E-state index contributed by atoms with van der Waals surface area (Å²) in [6.45, 7) is 0. The molecule has 0 aliphatic carbocycles. The van der Waals surface area contributed by atoms with E-state index in [0.29, 0.717) is 5.94 Å². The van der Waals surface area contributed by atoms with Crippen LogP contribution in [-0.4, -0.2) is 27.0 Å². The molecule has 0 atom stereocenters. The van der Waals surface area contributed by atoms with E-state index in [1.54, 1.807) is 11.8 Å². The molecule has 6 heavy (non-hydrogen) atoms. The quantitative estimate of drug-likeness (QED) is 0.321. The lowest BCUT2D eigenvalue weighted by Crippen LogP contribution is -1.93. The topological polar surface area (TPSA) is 29.5 Å². The highest BCUT2D eigenvalue weighted by Crippen LogP contribution is 1.87. The molecule has 0 aromatic heterocycles. The van der Waals surface area contributed by atoms with Gasteiger partial charge in [0.2, 0.25) is 0 Å². The van der Waals surface area contributed by atoms with Crippen LogP contribution in [0.15, 0.2) is 0 Å². The molecule has 2 nitrogen and oxygen atoms in total. The van der Waals surface area contributed by atoms with Gasteiger partial charge in [0.25, 0.3) is 0 Å². The zero-order chi connectivity index (χ0) is 4.83. The van der Waals surface area contributed by atoms with Crippen molar-refractivity contribution in [3.05, 3.63) is 0 Å². The first kappa shape index (κ1) is 6.49. The van der Waals surface area contributed by atoms with Gasteiger partial charge < -0.3 is 9.22 Å². The van der Waals surface area contributed by atoms with Crippen molar-refractivity contribution in [1.29, 1.82) is 0 Å². The molecular weight excluding hydrogens is 116 g/mol. The lowest BCUT2D eigenvalue weighted by atomic mass is 11.7. The fourth-order valence-electron chi connectivity index (χ4n) is 0.0853. The van der Waals surface area contributed by atoms with Crippen LogP contribution in [0.1, 0.15) is 0 Å². The van der Waals surface area contributed by atoms with Crippen molar-refractivity contribution in [2.45, 2.75) is 0 Å². The minimum atomic E-state index is -0.356. The Hall–Kier alpha value is 0.487. The van der Waals surface area contributed by atoms with Crippen LogP contribution < -0.4 is 0 Å². The average Bonchev–Trinajstić information content (AvgIpc) is 1.61. The Balaban J connectivity index is 2.34. The molecule has 0 unspecified atom stereocenters. The largest absolute Gasteiger partial charge is 0.431 e. The highest BCUT2D eigenvalue weighted by atomic mass is 32.2. The first-order valence-corrected chi connectivity index (χ1v) is 3.66. The van der Waals surface area contributed by atoms with E-state index >= 15 is 0 Å². The molecule has 0 saturated heterocycles. The second-order valence-electron chi connectivity index (χ2n) is 0.642. The number of hydrogen-bond donors (Lipinski definition) is 1. The average molecular weight is 122 g/mol. The maximum atomic E-state index is 7.99. The van der Waals surface area contributed by atoms with E-state index in [4.69, 9.17) is 4.80 Å². The van der Waals surface area contributed by atoms with E-state index in [2.05, 4.69) is 4.43 Å². The van der Waals surface area contributed by atoms with Crippen LogP contribution >= 0.6 is 11.8 Å². The van der Waals surface area contributed by atoms with Gasteiger partial charge in [-0.05, 0) is 6.26 Å². The zero-order valence-electron chi connectivity index (χ0n) is 3.47. The van der Waals surface area contributed by atoms with E-state index < -0.39 is 0 Å². The van der Waals surface area contributed by atoms with Gasteiger partial charge in [0.1, 0.15) is 0 Å². The molecule has 0 bridgehead atoms. The molecule has 0 fully saturated rings. The third-order valence-corrected chi connectivity index (χ3v) is 1.08. The molecule has 2 radical (unpaired) electrons. The van der Waals surface area contributed by atoms with Gasteiger partial charge in [-0.15, -0.1) is 11.8 Å². The Bertz CT molecular complexity index is 23.5. The Kier molecular flexibility index (Phi) is 5.93. The van der Waals surface area contributed by atoms with Crippen molar-refractivity contribution >= 4 is 21.8 Å². The van der Waals surface area contributed by atoms with Crippen molar-refractivity contribution < 1.29 is 9.22 Å². The summed E-state index contributed by atoms with van der Waals surface area (Å²) in [6.07, 6.45) is 1.92. The van der Waals surface area contributed by atoms with Gasteiger partial charge in [0, 0.05) is 0 Å². The fraction of sp³-hybridized carbons (Fsp3) is 1.00. The van der Waals surface area contributed by atoms with E-state index in [9.17, 15) is 0 Å². The van der Waals surface area contributed by atoms with Crippen LogP contribution in [0.4, 0.5) is 0 Å². The van der Waals surface area contributed by atoms with E-state index in [0.717, 1.165) is 0 Å². The molecule has 4 heteroatoms. The SMILES string of the molecule is CSCO[Si]O. The maximum Gasteiger partial charge on any atom is 0.431 e.